The third-order valence-corrected chi connectivity index (χ3v) is 5.66. The zero-order chi connectivity index (χ0) is 24.4. The number of alkyl halides is 3. The lowest BCUT2D eigenvalue weighted by atomic mass is 9.82. The van der Waals surface area contributed by atoms with Gasteiger partial charge in [0.05, 0.1) is 18.2 Å². The van der Waals surface area contributed by atoms with Gasteiger partial charge in [-0.25, -0.2) is 4.98 Å². The molecule has 2 N–H and O–H groups in total. The number of methoxy groups -OCH3 is 1. The van der Waals surface area contributed by atoms with Crippen molar-refractivity contribution in [2.45, 2.75) is 39.4 Å². The highest BCUT2D eigenvalue weighted by atomic mass is 19.4. The normalized spacial score (nSPS) is 17.8. The van der Waals surface area contributed by atoms with Crippen LogP contribution in [0.5, 0.6) is 0 Å². The van der Waals surface area contributed by atoms with E-state index in [0.29, 0.717) is 37.1 Å². The van der Waals surface area contributed by atoms with E-state index in [1.165, 1.54) is 12.1 Å². The first kappa shape index (κ1) is 24.8. The van der Waals surface area contributed by atoms with Crippen molar-refractivity contribution in [3.63, 3.8) is 0 Å². The van der Waals surface area contributed by atoms with Crippen molar-refractivity contribution in [1.29, 1.82) is 0 Å². The summed E-state index contributed by atoms with van der Waals surface area (Å²) < 4.78 is 44.0. The van der Waals surface area contributed by atoms with Crippen molar-refractivity contribution in [2.75, 3.05) is 31.7 Å². The van der Waals surface area contributed by atoms with Crippen LogP contribution < -0.4 is 15.8 Å². The predicted octanol–water partition coefficient (Wildman–Crippen LogP) is 3.78. The highest BCUT2D eigenvalue weighted by Gasteiger charge is 2.33. The lowest BCUT2D eigenvalue weighted by Gasteiger charge is -2.32. The first-order valence-corrected chi connectivity index (χ1v) is 10.7. The zero-order valence-corrected chi connectivity index (χ0v) is 19.1. The molecule has 1 aromatic heterocycles. The molecule has 0 aliphatic carbocycles. The fraction of sp³-hybridized carbons (Fsp3) is 0.522. The molecule has 1 aliphatic heterocycles. The van der Waals surface area contributed by atoms with Crippen LogP contribution in [0.15, 0.2) is 35.1 Å². The maximum absolute atomic E-state index is 13.0. The summed E-state index contributed by atoms with van der Waals surface area (Å²) in [5, 5.41) is 2.85. The highest BCUT2D eigenvalue weighted by molar-refractivity contribution is 5.92. The van der Waals surface area contributed by atoms with Crippen molar-refractivity contribution in [3.8, 4) is 0 Å². The van der Waals surface area contributed by atoms with E-state index in [1.807, 2.05) is 25.7 Å². The second-order valence-electron chi connectivity index (χ2n) is 9.40. The molecule has 1 amide bonds. The number of carbonyl (C=O) groups excluding carboxylic acids is 1. The van der Waals surface area contributed by atoms with Gasteiger partial charge in [-0.15, -0.1) is 0 Å². The first-order valence-electron chi connectivity index (χ1n) is 10.7. The SMILES string of the molecule is COC[C@H]1CCN(c2nc(C(=O)NC(c3ccc(C(F)(F)F)cc3)C(C)(C)C)cc(=O)[nH]2)C1. The molecule has 2 aromatic rings. The molecule has 2 atom stereocenters. The maximum Gasteiger partial charge on any atom is 0.416 e. The van der Waals surface area contributed by atoms with Gasteiger partial charge in [0.1, 0.15) is 5.69 Å². The Morgan fingerprint density at radius 3 is 2.52 bits per heavy atom. The number of carbonyl (C=O) groups is 1. The lowest BCUT2D eigenvalue weighted by Crippen LogP contribution is -2.38. The number of hydrogen-bond acceptors (Lipinski definition) is 5. The number of anilines is 1. The number of aromatic amines is 1. The minimum atomic E-state index is -4.44. The Hall–Kier alpha value is -2.88. The number of hydrogen-bond donors (Lipinski definition) is 2. The van der Waals surface area contributed by atoms with Crippen LogP contribution in [0.3, 0.4) is 0 Å². The molecule has 2 heterocycles. The largest absolute Gasteiger partial charge is 0.416 e. The summed E-state index contributed by atoms with van der Waals surface area (Å²) in [6, 6.07) is 5.22. The molecular weight excluding hydrogens is 437 g/mol. The monoisotopic (exact) mass is 466 g/mol. The summed E-state index contributed by atoms with van der Waals surface area (Å²) >= 11 is 0. The smallest absolute Gasteiger partial charge is 0.384 e. The molecule has 0 radical (unpaired) electrons. The van der Waals surface area contributed by atoms with Gasteiger partial charge in [-0.2, -0.15) is 13.2 Å². The third kappa shape index (κ3) is 6.13. The molecule has 1 aliphatic rings. The molecule has 1 unspecified atom stereocenters. The lowest BCUT2D eigenvalue weighted by molar-refractivity contribution is -0.137. The van der Waals surface area contributed by atoms with Crippen LogP contribution in [0.1, 0.15) is 54.8 Å². The van der Waals surface area contributed by atoms with Gasteiger partial charge in [0.25, 0.3) is 11.5 Å². The molecule has 10 heteroatoms. The number of benzene rings is 1. The van der Waals surface area contributed by atoms with Crippen LogP contribution in [0.2, 0.25) is 0 Å². The van der Waals surface area contributed by atoms with Gasteiger partial charge in [-0.1, -0.05) is 32.9 Å². The molecule has 180 valence electrons. The van der Waals surface area contributed by atoms with Gasteiger partial charge in [0.2, 0.25) is 5.95 Å². The summed E-state index contributed by atoms with van der Waals surface area (Å²) in [5.74, 6) is 0.0469. The zero-order valence-electron chi connectivity index (χ0n) is 19.1. The van der Waals surface area contributed by atoms with E-state index in [9.17, 15) is 22.8 Å². The molecule has 7 nitrogen and oxygen atoms in total. The predicted molar refractivity (Wildman–Crippen MR) is 118 cm³/mol. The number of rotatable bonds is 6. The first-order chi connectivity index (χ1) is 15.4. The number of nitrogens with one attached hydrogen (secondary N) is 2. The molecule has 1 aromatic carbocycles. The van der Waals surface area contributed by atoms with Crippen molar-refractivity contribution in [1.82, 2.24) is 15.3 Å². The van der Waals surface area contributed by atoms with Crippen LogP contribution in [0, 0.1) is 11.3 Å². The quantitative estimate of drug-likeness (QED) is 0.677. The van der Waals surface area contributed by atoms with Gasteiger partial charge in [-0.05, 0) is 29.5 Å². The summed E-state index contributed by atoms with van der Waals surface area (Å²) in [6.07, 6.45) is -3.56. The number of H-pyrrole nitrogens is 1. The summed E-state index contributed by atoms with van der Waals surface area (Å²) in [4.78, 5) is 34.2. The molecule has 1 fully saturated rings. The standard InChI is InChI=1S/C23H29F3N4O3/c1-22(2,3)19(15-5-7-16(8-6-15)23(24,25)26)29-20(32)17-11-18(31)28-21(27-17)30-10-9-14(12-30)13-33-4/h5-8,11,14,19H,9-10,12-13H2,1-4H3,(H,29,32)(H,27,28,31)/t14-,19?/m0/s1. The third-order valence-electron chi connectivity index (χ3n) is 5.66. The summed E-state index contributed by atoms with van der Waals surface area (Å²) in [5.41, 5.74) is -1.26. The molecule has 33 heavy (non-hydrogen) atoms. The Bertz CT molecular complexity index is 1030. The number of amides is 1. The van der Waals surface area contributed by atoms with E-state index < -0.39 is 34.7 Å². The number of halogens is 3. The average molecular weight is 467 g/mol. The van der Waals surface area contributed by atoms with Crippen molar-refractivity contribution >= 4 is 11.9 Å². The minimum absolute atomic E-state index is 0.0508. The molecule has 0 bridgehead atoms. The molecule has 0 spiro atoms. The van der Waals surface area contributed by atoms with E-state index in [0.717, 1.165) is 24.6 Å². The van der Waals surface area contributed by atoms with E-state index in [4.69, 9.17) is 4.74 Å². The molecule has 0 saturated carbocycles. The van der Waals surface area contributed by atoms with Crippen LogP contribution in [0.25, 0.3) is 0 Å². The van der Waals surface area contributed by atoms with Crippen molar-refractivity contribution in [3.05, 3.63) is 57.5 Å². The Labute approximate surface area is 190 Å². The van der Waals surface area contributed by atoms with Crippen LogP contribution >= 0.6 is 0 Å². The van der Waals surface area contributed by atoms with Gasteiger partial charge in [-0.3, -0.25) is 14.6 Å². The van der Waals surface area contributed by atoms with Crippen LogP contribution in [-0.2, 0) is 10.9 Å². The summed E-state index contributed by atoms with van der Waals surface area (Å²) in [7, 11) is 1.63. The molecular formula is C23H29F3N4O3. The minimum Gasteiger partial charge on any atom is -0.384 e. The second kappa shape index (κ2) is 9.54. The molecule has 1 saturated heterocycles. The van der Waals surface area contributed by atoms with E-state index in [1.54, 1.807) is 7.11 Å². The molecule has 3 rings (SSSR count). The van der Waals surface area contributed by atoms with E-state index in [-0.39, 0.29) is 5.69 Å². The Morgan fingerprint density at radius 1 is 1.27 bits per heavy atom. The van der Waals surface area contributed by atoms with Gasteiger partial charge in [0, 0.05) is 32.2 Å². The second-order valence-corrected chi connectivity index (χ2v) is 9.40. The van der Waals surface area contributed by atoms with E-state index >= 15 is 0 Å². The Morgan fingerprint density at radius 2 is 1.94 bits per heavy atom. The fourth-order valence-corrected chi connectivity index (χ4v) is 3.98. The van der Waals surface area contributed by atoms with Gasteiger partial charge >= 0.3 is 6.18 Å². The Balaban J connectivity index is 1.83. The van der Waals surface area contributed by atoms with Gasteiger partial charge < -0.3 is 15.0 Å². The Kier molecular flexibility index (Phi) is 7.16. The highest BCUT2D eigenvalue weighted by Crippen LogP contribution is 2.35. The number of ether oxygens (including phenoxy) is 1. The van der Waals surface area contributed by atoms with Crippen molar-refractivity contribution in [2.24, 2.45) is 11.3 Å². The maximum atomic E-state index is 13.0. The van der Waals surface area contributed by atoms with Crippen LogP contribution in [0.4, 0.5) is 19.1 Å². The van der Waals surface area contributed by atoms with E-state index in [2.05, 4.69) is 15.3 Å². The number of aromatic nitrogens is 2. The average Bonchev–Trinajstić information content (AvgIpc) is 3.19. The summed E-state index contributed by atoms with van der Waals surface area (Å²) in [6.45, 7) is 7.53. The number of nitrogens with zero attached hydrogens (tertiary/aromatic N) is 2. The van der Waals surface area contributed by atoms with Crippen LogP contribution in [-0.4, -0.2) is 42.7 Å². The topological polar surface area (TPSA) is 87.3 Å². The van der Waals surface area contributed by atoms with Gasteiger partial charge in [0.15, 0.2) is 0 Å². The van der Waals surface area contributed by atoms with Crippen molar-refractivity contribution < 1.29 is 22.7 Å². The fourth-order valence-electron chi connectivity index (χ4n) is 3.98.